The zero-order chi connectivity index (χ0) is 4.28. The van der Waals surface area contributed by atoms with E-state index in [1.54, 1.807) is 0 Å². The lowest BCUT2D eigenvalue weighted by atomic mass is 11.9. The molecule has 0 aliphatic carbocycles. The molecule has 0 rings (SSSR count). The average molecular weight is 113 g/mol. The Balaban J connectivity index is 2.85. The minimum Gasteiger partial charge on any atom is -0.160 e. The van der Waals surface area contributed by atoms with Crippen molar-refractivity contribution in [2.45, 2.75) is 0 Å². The van der Waals surface area contributed by atoms with E-state index in [-0.39, 0.29) is 5.62 Å². The monoisotopic (exact) mass is 113 g/mol. The van der Waals surface area contributed by atoms with E-state index in [1.807, 2.05) is 0 Å². The Kier molecular flexibility index (Phi) is 2.76. The number of alkyl halides is 1. The molecule has 5 heavy (non-hydrogen) atoms. The molecule has 4 heteroatoms. The lowest BCUT2D eigenvalue weighted by molar-refractivity contribution is 0.508. The van der Waals surface area contributed by atoms with Crippen molar-refractivity contribution in [3.05, 3.63) is 0 Å². The smallest absolute Gasteiger partial charge is 0.160 e. The third-order valence-electron chi connectivity index (χ3n) is 0.102. The van der Waals surface area contributed by atoms with Crippen molar-refractivity contribution >= 4 is 19.6 Å². The van der Waals surface area contributed by atoms with Gasteiger partial charge in [0.25, 0.3) is 0 Å². The first-order valence-electron chi connectivity index (χ1n) is 0.966. The van der Waals surface area contributed by atoms with Gasteiger partial charge in [-0.15, -0.1) is 0 Å². The second kappa shape index (κ2) is 2.58. The molecule has 30 valence electrons. The second-order valence-electron chi connectivity index (χ2n) is 0.472. The molecule has 0 aromatic heterocycles. The van der Waals surface area contributed by atoms with E-state index in [9.17, 15) is 4.57 Å². The lowest BCUT2D eigenvalue weighted by Crippen LogP contribution is -1.50. The Morgan fingerprint density at radius 1 is 2.00 bits per heavy atom. The highest BCUT2D eigenvalue weighted by Crippen LogP contribution is 2.12. The fourth-order valence-corrected chi connectivity index (χ4v) is 0. The average Bonchev–Trinajstić information content (AvgIpc) is 1.38. The van der Waals surface area contributed by atoms with Crippen molar-refractivity contribution in [1.82, 2.24) is 0 Å². The molecule has 0 aliphatic rings. The molecule has 1 N–H and O–H groups in total. The van der Waals surface area contributed by atoms with Gasteiger partial charge < -0.3 is 0 Å². The summed E-state index contributed by atoms with van der Waals surface area (Å²) in [6.45, 7) is 0. The van der Waals surface area contributed by atoms with Gasteiger partial charge in [-0.1, -0.05) is 11.6 Å². The van der Waals surface area contributed by atoms with Crippen LogP contribution in [-0.4, -0.2) is 10.5 Å². The van der Waals surface area contributed by atoms with E-state index in [1.165, 1.54) is 0 Å². The van der Waals surface area contributed by atoms with Gasteiger partial charge in [-0.2, -0.15) is 4.89 Å². The quantitative estimate of drug-likeness (QED) is 0.406. The minimum absolute atomic E-state index is 0.157. The largest absolute Gasteiger partial charge is 0.521 e. The van der Waals surface area contributed by atoms with Crippen molar-refractivity contribution in [2.75, 3.05) is 5.62 Å². The highest BCUT2D eigenvalue weighted by Gasteiger charge is 2.01. The Bertz CT molecular complexity index is 44.9. The van der Waals surface area contributed by atoms with E-state index >= 15 is 0 Å². The number of halogens is 1. The Labute approximate surface area is 35.6 Å². The molecule has 0 aromatic carbocycles. The third kappa shape index (κ3) is 4.35. The second-order valence-corrected chi connectivity index (χ2v) is 2.13. The summed E-state index contributed by atoms with van der Waals surface area (Å²) in [6, 6.07) is 0. The summed E-state index contributed by atoms with van der Waals surface area (Å²) in [7, 11) is -2.08. The zero-order valence-corrected chi connectivity index (χ0v) is 4.04. The Hall–Kier alpha value is 0.350. The molecule has 0 bridgehead atoms. The summed E-state index contributed by atoms with van der Waals surface area (Å²) in [5.41, 5.74) is -0.157. The number of rotatable bonds is 1. The third-order valence-corrected chi connectivity index (χ3v) is 0.920. The first kappa shape index (κ1) is 5.35. The molecule has 0 saturated heterocycles. The van der Waals surface area contributed by atoms with Crippen molar-refractivity contribution in [3.63, 3.8) is 0 Å². The van der Waals surface area contributed by atoms with Crippen LogP contribution >= 0.6 is 19.6 Å². The SMILES string of the molecule is O=[P+](O)CCl. The molecule has 0 heterocycles. The molecule has 1 unspecified atom stereocenters. The summed E-state index contributed by atoms with van der Waals surface area (Å²) >= 11 is 4.80. The van der Waals surface area contributed by atoms with Crippen molar-refractivity contribution in [2.24, 2.45) is 0 Å². The maximum absolute atomic E-state index is 9.38. The molecule has 0 fully saturated rings. The van der Waals surface area contributed by atoms with Crippen LogP contribution in [0.1, 0.15) is 0 Å². The molecule has 0 aliphatic heterocycles. The molecule has 1 atom stereocenters. The van der Waals surface area contributed by atoms with Crippen LogP contribution in [0.3, 0.4) is 0 Å². The highest BCUT2D eigenvalue weighted by molar-refractivity contribution is 7.40. The lowest BCUT2D eigenvalue weighted by Gasteiger charge is -1.50. The molecular formula is CH3ClO2P+. The molecular weight excluding hydrogens is 110 g/mol. The van der Waals surface area contributed by atoms with Gasteiger partial charge in [0, 0.05) is 0 Å². The topological polar surface area (TPSA) is 37.3 Å². The van der Waals surface area contributed by atoms with Gasteiger partial charge in [0.15, 0.2) is 0 Å². The van der Waals surface area contributed by atoms with E-state index in [2.05, 4.69) is 0 Å². The van der Waals surface area contributed by atoms with Crippen LogP contribution in [0, 0.1) is 0 Å². The van der Waals surface area contributed by atoms with E-state index in [0.717, 1.165) is 0 Å². The molecule has 0 radical (unpaired) electrons. The summed E-state index contributed by atoms with van der Waals surface area (Å²) < 4.78 is 9.38. The van der Waals surface area contributed by atoms with Gasteiger partial charge in [-0.3, -0.25) is 0 Å². The minimum atomic E-state index is -2.08. The van der Waals surface area contributed by atoms with Crippen LogP contribution in [0.25, 0.3) is 0 Å². The summed E-state index contributed by atoms with van der Waals surface area (Å²) in [5.74, 6) is 0. The van der Waals surface area contributed by atoms with Gasteiger partial charge in [-0.05, 0) is 4.57 Å². The normalized spacial score (nSPS) is 11.2. The van der Waals surface area contributed by atoms with Crippen LogP contribution in [-0.2, 0) is 4.57 Å². The van der Waals surface area contributed by atoms with E-state index < -0.39 is 8.03 Å². The maximum Gasteiger partial charge on any atom is 0.521 e. The molecule has 0 saturated carbocycles. The van der Waals surface area contributed by atoms with Crippen LogP contribution in [0.4, 0.5) is 0 Å². The number of hydrogen-bond acceptors (Lipinski definition) is 1. The molecule has 0 aromatic rings. The van der Waals surface area contributed by atoms with E-state index in [0.29, 0.717) is 0 Å². The standard InChI is InChI=1S/CH2ClO2P/c2-1-5(3)4/h1H2/p+1. The molecule has 0 amide bonds. The fraction of sp³-hybridized carbons (Fsp3) is 1.00. The molecule has 0 spiro atoms. The number of hydrogen-bond donors (Lipinski definition) is 1. The Morgan fingerprint density at radius 3 is 2.20 bits per heavy atom. The zero-order valence-electron chi connectivity index (χ0n) is 2.39. The highest BCUT2D eigenvalue weighted by atomic mass is 35.5. The maximum atomic E-state index is 9.38. The van der Waals surface area contributed by atoms with Crippen LogP contribution in [0.15, 0.2) is 0 Å². The molecule has 2 nitrogen and oxygen atoms in total. The van der Waals surface area contributed by atoms with Crippen LogP contribution in [0.2, 0.25) is 0 Å². The van der Waals surface area contributed by atoms with Gasteiger partial charge >= 0.3 is 8.03 Å². The van der Waals surface area contributed by atoms with Crippen LogP contribution < -0.4 is 0 Å². The predicted octanol–water partition coefficient (Wildman–Crippen LogP) is 0.917. The van der Waals surface area contributed by atoms with E-state index in [4.69, 9.17) is 16.5 Å². The summed E-state index contributed by atoms with van der Waals surface area (Å²) in [4.78, 5) is 7.74. The van der Waals surface area contributed by atoms with Gasteiger partial charge in [0.1, 0.15) is 0 Å². The first-order valence-corrected chi connectivity index (χ1v) is 2.90. The first-order chi connectivity index (χ1) is 2.27. The van der Waals surface area contributed by atoms with Crippen LogP contribution in [0.5, 0.6) is 0 Å². The predicted molar refractivity (Wildman–Crippen MR) is 20.5 cm³/mol. The summed E-state index contributed by atoms with van der Waals surface area (Å²) in [6.07, 6.45) is 0. The summed E-state index contributed by atoms with van der Waals surface area (Å²) in [5, 5.41) is 0. The van der Waals surface area contributed by atoms with Gasteiger partial charge in [-0.25, -0.2) is 0 Å². The Morgan fingerprint density at radius 2 is 2.20 bits per heavy atom. The van der Waals surface area contributed by atoms with Crippen molar-refractivity contribution < 1.29 is 9.46 Å². The van der Waals surface area contributed by atoms with Crippen molar-refractivity contribution in [1.29, 1.82) is 0 Å². The fourth-order valence-electron chi connectivity index (χ4n) is 0. The van der Waals surface area contributed by atoms with Gasteiger partial charge in [0.2, 0.25) is 5.62 Å². The van der Waals surface area contributed by atoms with Crippen molar-refractivity contribution in [3.8, 4) is 0 Å². The van der Waals surface area contributed by atoms with Gasteiger partial charge in [0.05, 0.1) is 0 Å².